The van der Waals surface area contributed by atoms with Crippen molar-refractivity contribution in [1.82, 2.24) is 15.5 Å². The van der Waals surface area contributed by atoms with Gasteiger partial charge in [0, 0.05) is 13.1 Å². The SMILES string of the molecule is C=CCNC(=O)C(=O)[C@@H]1CCCCCCC[C@H](N)C(=O)N2C[C@H]3[C@@H]([C@H]2C(=O)N1)C3(C)C. The normalized spacial score (nSPS) is 33.4. The van der Waals surface area contributed by atoms with E-state index < -0.39 is 29.8 Å². The van der Waals surface area contributed by atoms with Crippen LogP contribution in [0.1, 0.15) is 58.8 Å². The minimum Gasteiger partial charge on any atom is -0.346 e. The van der Waals surface area contributed by atoms with E-state index in [2.05, 4.69) is 31.1 Å². The monoisotopic (exact) mass is 432 g/mol. The van der Waals surface area contributed by atoms with Gasteiger partial charge in [-0.1, -0.05) is 52.0 Å². The van der Waals surface area contributed by atoms with Crippen LogP contribution in [0.5, 0.6) is 0 Å². The topological polar surface area (TPSA) is 122 Å². The zero-order valence-electron chi connectivity index (χ0n) is 18.7. The number of amides is 3. The van der Waals surface area contributed by atoms with Gasteiger partial charge in [-0.2, -0.15) is 0 Å². The number of hydrogen-bond acceptors (Lipinski definition) is 5. The molecule has 0 aromatic rings. The molecular formula is C23H36N4O4. The summed E-state index contributed by atoms with van der Waals surface area (Å²) in [5, 5.41) is 5.32. The Morgan fingerprint density at radius 2 is 1.84 bits per heavy atom. The molecule has 0 aromatic carbocycles. The number of fused-ring (bicyclic) bond motifs is 3. The predicted octanol–water partition coefficient (Wildman–Crippen LogP) is 0.897. The van der Waals surface area contributed by atoms with Gasteiger partial charge in [0.15, 0.2) is 0 Å². The van der Waals surface area contributed by atoms with E-state index in [4.69, 9.17) is 5.73 Å². The molecule has 3 rings (SSSR count). The molecule has 3 fully saturated rings. The van der Waals surface area contributed by atoms with Crippen molar-refractivity contribution in [2.24, 2.45) is 23.0 Å². The van der Waals surface area contributed by atoms with Crippen molar-refractivity contribution in [3.05, 3.63) is 12.7 Å². The maximum Gasteiger partial charge on any atom is 0.289 e. The van der Waals surface area contributed by atoms with Crippen LogP contribution in [-0.4, -0.2) is 59.6 Å². The first-order valence-corrected chi connectivity index (χ1v) is 11.5. The highest BCUT2D eigenvalue weighted by molar-refractivity contribution is 6.38. The molecule has 172 valence electrons. The third-order valence-corrected chi connectivity index (χ3v) is 7.35. The first-order chi connectivity index (χ1) is 14.7. The fourth-order valence-corrected chi connectivity index (χ4v) is 5.33. The van der Waals surface area contributed by atoms with Crippen LogP contribution in [0, 0.1) is 17.3 Å². The molecule has 0 radical (unpaired) electrons. The van der Waals surface area contributed by atoms with Gasteiger partial charge in [0.1, 0.15) is 6.04 Å². The van der Waals surface area contributed by atoms with Crippen LogP contribution in [0.2, 0.25) is 0 Å². The van der Waals surface area contributed by atoms with Crippen molar-refractivity contribution in [3.63, 3.8) is 0 Å². The molecule has 0 bridgehead atoms. The quantitative estimate of drug-likeness (QED) is 0.450. The molecule has 5 atom stereocenters. The summed E-state index contributed by atoms with van der Waals surface area (Å²) in [6.45, 7) is 8.45. The summed E-state index contributed by atoms with van der Waals surface area (Å²) in [6.07, 6.45) is 6.94. The second-order valence-corrected chi connectivity index (χ2v) is 9.76. The molecule has 3 aliphatic rings. The lowest BCUT2D eigenvalue weighted by Gasteiger charge is -2.33. The zero-order valence-corrected chi connectivity index (χ0v) is 18.7. The molecule has 8 nitrogen and oxygen atoms in total. The molecular weight excluding hydrogens is 396 g/mol. The van der Waals surface area contributed by atoms with Crippen LogP contribution in [0.25, 0.3) is 0 Å². The predicted molar refractivity (Wildman–Crippen MR) is 117 cm³/mol. The lowest BCUT2D eigenvalue weighted by atomic mass is 9.96. The summed E-state index contributed by atoms with van der Waals surface area (Å²) < 4.78 is 0. The number of rotatable bonds is 4. The molecule has 4 N–H and O–H groups in total. The lowest BCUT2D eigenvalue weighted by molar-refractivity contribution is -0.143. The summed E-state index contributed by atoms with van der Waals surface area (Å²) in [7, 11) is 0. The van der Waals surface area contributed by atoms with Crippen molar-refractivity contribution in [2.75, 3.05) is 13.1 Å². The smallest absolute Gasteiger partial charge is 0.289 e. The van der Waals surface area contributed by atoms with E-state index >= 15 is 0 Å². The average Bonchev–Trinajstić information content (AvgIpc) is 3.07. The van der Waals surface area contributed by atoms with E-state index in [0.717, 1.165) is 32.1 Å². The van der Waals surface area contributed by atoms with Gasteiger partial charge >= 0.3 is 0 Å². The number of nitrogens with zero attached hydrogens (tertiary/aromatic N) is 1. The number of piperidine rings is 1. The maximum atomic E-state index is 13.3. The molecule has 31 heavy (non-hydrogen) atoms. The first kappa shape index (κ1) is 23.4. The number of nitrogens with two attached hydrogens (primary N) is 1. The van der Waals surface area contributed by atoms with E-state index in [1.54, 1.807) is 4.90 Å². The molecule has 3 amide bonds. The van der Waals surface area contributed by atoms with Crippen molar-refractivity contribution >= 4 is 23.5 Å². The summed E-state index contributed by atoms with van der Waals surface area (Å²) in [4.78, 5) is 53.0. The van der Waals surface area contributed by atoms with Crippen LogP contribution in [0.15, 0.2) is 12.7 Å². The Morgan fingerprint density at radius 1 is 1.19 bits per heavy atom. The van der Waals surface area contributed by atoms with Gasteiger partial charge in [0.2, 0.25) is 17.6 Å². The largest absolute Gasteiger partial charge is 0.346 e. The van der Waals surface area contributed by atoms with Crippen LogP contribution in [0.4, 0.5) is 0 Å². The summed E-state index contributed by atoms with van der Waals surface area (Å²) in [6, 6.07) is -2.15. The molecule has 2 saturated heterocycles. The van der Waals surface area contributed by atoms with E-state index in [0.29, 0.717) is 19.4 Å². The minimum absolute atomic E-state index is 0.0326. The second-order valence-electron chi connectivity index (χ2n) is 9.76. The third kappa shape index (κ3) is 4.84. The van der Waals surface area contributed by atoms with Crippen molar-refractivity contribution in [2.45, 2.75) is 76.9 Å². The zero-order chi connectivity index (χ0) is 22.8. The Balaban J connectivity index is 1.81. The van der Waals surface area contributed by atoms with Gasteiger partial charge in [0.05, 0.1) is 12.1 Å². The second kappa shape index (κ2) is 9.51. The van der Waals surface area contributed by atoms with Gasteiger partial charge in [-0.25, -0.2) is 0 Å². The van der Waals surface area contributed by atoms with Gasteiger partial charge in [-0.05, 0) is 30.1 Å². The molecule has 0 spiro atoms. The van der Waals surface area contributed by atoms with Crippen LogP contribution in [-0.2, 0) is 19.2 Å². The highest BCUT2D eigenvalue weighted by atomic mass is 16.2. The number of nitrogens with one attached hydrogen (secondary N) is 2. The van der Waals surface area contributed by atoms with Crippen molar-refractivity contribution in [3.8, 4) is 0 Å². The Bertz CT molecular complexity index is 750. The highest BCUT2D eigenvalue weighted by Crippen LogP contribution is 2.64. The Labute approximate surface area is 184 Å². The summed E-state index contributed by atoms with van der Waals surface area (Å²) >= 11 is 0. The molecule has 8 heteroatoms. The number of hydrogen-bond donors (Lipinski definition) is 3. The number of ketones is 1. The number of carbonyl (C=O) groups is 4. The minimum atomic E-state index is -0.896. The fraction of sp³-hybridized carbons (Fsp3) is 0.739. The molecule has 1 aliphatic carbocycles. The molecule has 1 saturated carbocycles. The Kier molecular flexibility index (Phi) is 7.19. The van der Waals surface area contributed by atoms with Crippen molar-refractivity contribution < 1.29 is 19.2 Å². The molecule has 2 heterocycles. The number of Topliss-reactive ketones (excluding diaryl/α,β-unsaturated/α-hetero) is 1. The van der Waals surface area contributed by atoms with Crippen molar-refractivity contribution in [1.29, 1.82) is 0 Å². The van der Waals surface area contributed by atoms with Gasteiger partial charge in [-0.3, -0.25) is 19.2 Å². The van der Waals surface area contributed by atoms with E-state index in [-0.39, 0.29) is 35.6 Å². The maximum absolute atomic E-state index is 13.3. The molecule has 0 unspecified atom stereocenters. The molecule has 2 aliphatic heterocycles. The van der Waals surface area contributed by atoms with E-state index in [9.17, 15) is 19.2 Å². The molecule has 0 aromatic heterocycles. The van der Waals surface area contributed by atoms with Gasteiger partial charge in [-0.15, -0.1) is 6.58 Å². The van der Waals surface area contributed by atoms with E-state index in [1.165, 1.54) is 6.08 Å². The first-order valence-electron chi connectivity index (χ1n) is 11.5. The average molecular weight is 433 g/mol. The Hall–Kier alpha value is -2.22. The van der Waals surface area contributed by atoms with Crippen LogP contribution < -0.4 is 16.4 Å². The fourth-order valence-electron chi connectivity index (χ4n) is 5.33. The van der Waals surface area contributed by atoms with Gasteiger partial charge < -0.3 is 21.3 Å². The van der Waals surface area contributed by atoms with Crippen LogP contribution >= 0.6 is 0 Å². The number of carbonyl (C=O) groups excluding carboxylic acids is 4. The Morgan fingerprint density at radius 3 is 2.52 bits per heavy atom. The lowest BCUT2D eigenvalue weighted by Crippen LogP contribution is -2.57. The summed E-state index contributed by atoms with van der Waals surface area (Å²) in [5.74, 6) is -1.63. The van der Waals surface area contributed by atoms with Gasteiger partial charge in [0.25, 0.3) is 5.91 Å². The third-order valence-electron chi connectivity index (χ3n) is 7.35. The summed E-state index contributed by atoms with van der Waals surface area (Å²) in [5.41, 5.74) is 6.15. The van der Waals surface area contributed by atoms with Crippen LogP contribution in [0.3, 0.4) is 0 Å². The van der Waals surface area contributed by atoms with E-state index in [1.807, 2.05) is 0 Å². The standard InChI is InChI=1S/C23H36N4O4/c1-4-12-25-21(30)19(28)16-11-9-7-5-6-8-10-15(24)22(31)27-13-14-17(23(14,2)3)18(27)20(29)26-16/h4,14-18H,1,5-13,24H2,2-3H3,(H,25,30)(H,26,29)/t14-,15-,16-,17-,18-/m0/s1. The highest BCUT2D eigenvalue weighted by Gasteiger charge is 2.69.